The molecule has 2 saturated heterocycles. The molecule has 0 bridgehead atoms. The highest BCUT2D eigenvalue weighted by molar-refractivity contribution is 4.97. The van der Waals surface area contributed by atoms with Crippen molar-refractivity contribution in [2.75, 3.05) is 46.4 Å². The molecular formula is C14H29N3O. The van der Waals surface area contributed by atoms with Crippen molar-refractivity contribution < 1.29 is 4.74 Å². The Morgan fingerprint density at radius 1 is 1.17 bits per heavy atom. The van der Waals surface area contributed by atoms with E-state index >= 15 is 0 Å². The van der Waals surface area contributed by atoms with Crippen LogP contribution in [0.2, 0.25) is 0 Å². The Morgan fingerprint density at radius 3 is 2.61 bits per heavy atom. The third-order valence-electron chi connectivity index (χ3n) is 4.62. The zero-order chi connectivity index (χ0) is 13.2. The lowest BCUT2D eigenvalue weighted by Crippen LogP contribution is -2.61. The second kappa shape index (κ2) is 5.45. The summed E-state index contributed by atoms with van der Waals surface area (Å²) in [6.45, 7) is 10.4. The minimum absolute atomic E-state index is 0.0291. The van der Waals surface area contributed by atoms with Crippen LogP contribution in [-0.4, -0.2) is 67.3 Å². The molecule has 0 aliphatic carbocycles. The summed E-state index contributed by atoms with van der Waals surface area (Å²) in [4.78, 5) is 5.04. The Bertz CT molecular complexity index is 282. The molecule has 18 heavy (non-hydrogen) atoms. The lowest BCUT2D eigenvalue weighted by molar-refractivity contribution is -0.118. The van der Waals surface area contributed by atoms with Gasteiger partial charge in [0.1, 0.15) is 0 Å². The fraction of sp³-hybridized carbons (Fsp3) is 1.00. The number of ether oxygens (including phenoxy) is 1. The van der Waals surface area contributed by atoms with E-state index in [1.807, 2.05) is 0 Å². The van der Waals surface area contributed by atoms with Crippen LogP contribution < -0.4 is 5.73 Å². The lowest BCUT2D eigenvalue weighted by Gasteiger charge is -2.49. The maximum absolute atomic E-state index is 6.17. The van der Waals surface area contributed by atoms with E-state index in [4.69, 9.17) is 10.5 Å². The van der Waals surface area contributed by atoms with Gasteiger partial charge < -0.3 is 15.4 Å². The third kappa shape index (κ3) is 3.05. The highest BCUT2D eigenvalue weighted by Crippen LogP contribution is 2.31. The van der Waals surface area contributed by atoms with Gasteiger partial charge in [-0.25, -0.2) is 0 Å². The van der Waals surface area contributed by atoms with E-state index in [0.717, 1.165) is 32.8 Å². The maximum atomic E-state index is 6.17. The molecule has 0 aromatic heterocycles. The first-order chi connectivity index (χ1) is 8.47. The minimum atomic E-state index is -0.0291. The third-order valence-corrected chi connectivity index (χ3v) is 4.62. The zero-order valence-corrected chi connectivity index (χ0v) is 12.2. The van der Waals surface area contributed by atoms with Gasteiger partial charge in [0.05, 0.1) is 12.2 Å². The molecule has 1 atom stereocenters. The first-order valence-electron chi connectivity index (χ1n) is 7.25. The molecule has 4 nitrogen and oxygen atoms in total. The fourth-order valence-corrected chi connectivity index (χ4v) is 3.38. The molecule has 0 aromatic rings. The van der Waals surface area contributed by atoms with Crippen molar-refractivity contribution >= 4 is 0 Å². The maximum Gasteiger partial charge on any atom is 0.0753 e. The summed E-state index contributed by atoms with van der Waals surface area (Å²) in [6.07, 6.45) is 3.67. The molecule has 2 rings (SSSR count). The van der Waals surface area contributed by atoms with Crippen LogP contribution in [0.1, 0.15) is 33.1 Å². The molecule has 2 aliphatic heterocycles. The molecule has 2 heterocycles. The molecule has 0 saturated carbocycles. The molecular weight excluding hydrogens is 226 g/mol. The summed E-state index contributed by atoms with van der Waals surface area (Å²) in [5, 5.41) is 0. The molecule has 4 heteroatoms. The minimum Gasteiger partial charge on any atom is -0.373 e. The number of rotatable bonds is 2. The van der Waals surface area contributed by atoms with Crippen molar-refractivity contribution in [3.8, 4) is 0 Å². The normalized spacial score (nSPS) is 35.3. The van der Waals surface area contributed by atoms with Gasteiger partial charge in [-0.05, 0) is 53.2 Å². The van der Waals surface area contributed by atoms with Crippen LogP contribution in [-0.2, 0) is 4.74 Å². The summed E-state index contributed by atoms with van der Waals surface area (Å²) in [6, 6.07) is 0. The van der Waals surface area contributed by atoms with Crippen molar-refractivity contribution in [1.29, 1.82) is 0 Å². The van der Waals surface area contributed by atoms with E-state index in [2.05, 4.69) is 30.7 Å². The Morgan fingerprint density at radius 2 is 1.94 bits per heavy atom. The van der Waals surface area contributed by atoms with Gasteiger partial charge in [-0.2, -0.15) is 0 Å². The number of nitrogens with zero attached hydrogens (tertiary/aromatic N) is 2. The molecule has 0 amide bonds. The van der Waals surface area contributed by atoms with Gasteiger partial charge in [0.25, 0.3) is 0 Å². The first-order valence-corrected chi connectivity index (χ1v) is 7.25. The average molecular weight is 255 g/mol. The van der Waals surface area contributed by atoms with E-state index in [0.29, 0.717) is 0 Å². The fourth-order valence-electron chi connectivity index (χ4n) is 3.38. The average Bonchev–Trinajstić information content (AvgIpc) is 2.51. The lowest BCUT2D eigenvalue weighted by atomic mass is 9.86. The Labute approximate surface area is 111 Å². The molecule has 2 N–H and O–H groups in total. The Kier molecular flexibility index (Phi) is 4.32. The second-order valence-electron chi connectivity index (χ2n) is 6.62. The van der Waals surface area contributed by atoms with Gasteiger partial charge in [0.15, 0.2) is 0 Å². The highest BCUT2D eigenvalue weighted by atomic mass is 16.5. The Hall–Kier alpha value is -0.160. The molecule has 1 unspecified atom stereocenters. The van der Waals surface area contributed by atoms with Crippen molar-refractivity contribution in [1.82, 2.24) is 9.80 Å². The molecule has 0 radical (unpaired) electrons. The summed E-state index contributed by atoms with van der Waals surface area (Å²) in [5.74, 6) is 0. The van der Waals surface area contributed by atoms with Crippen LogP contribution in [0.4, 0.5) is 0 Å². The van der Waals surface area contributed by atoms with Crippen LogP contribution in [0.15, 0.2) is 0 Å². The van der Waals surface area contributed by atoms with Gasteiger partial charge in [0, 0.05) is 25.2 Å². The summed E-state index contributed by atoms with van der Waals surface area (Å²) < 4.78 is 5.84. The van der Waals surface area contributed by atoms with E-state index in [-0.39, 0.29) is 11.1 Å². The van der Waals surface area contributed by atoms with Gasteiger partial charge in [-0.1, -0.05) is 0 Å². The smallest absolute Gasteiger partial charge is 0.0753 e. The van der Waals surface area contributed by atoms with Gasteiger partial charge in [0.2, 0.25) is 0 Å². The van der Waals surface area contributed by atoms with Gasteiger partial charge >= 0.3 is 0 Å². The predicted molar refractivity (Wildman–Crippen MR) is 74.7 cm³/mol. The monoisotopic (exact) mass is 255 g/mol. The van der Waals surface area contributed by atoms with Gasteiger partial charge in [-0.3, -0.25) is 4.90 Å². The van der Waals surface area contributed by atoms with Crippen molar-refractivity contribution in [3.63, 3.8) is 0 Å². The van der Waals surface area contributed by atoms with E-state index in [1.54, 1.807) is 0 Å². The number of hydrogen-bond donors (Lipinski definition) is 1. The van der Waals surface area contributed by atoms with E-state index < -0.39 is 0 Å². The van der Waals surface area contributed by atoms with Crippen LogP contribution >= 0.6 is 0 Å². The summed E-state index contributed by atoms with van der Waals surface area (Å²) in [7, 11) is 2.22. The number of likely N-dealkylation sites (tertiary alicyclic amines) is 1. The zero-order valence-electron chi connectivity index (χ0n) is 12.2. The molecule has 2 aliphatic rings. The molecule has 106 valence electrons. The van der Waals surface area contributed by atoms with Gasteiger partial charge in [-0.15, -0.1) is 0 Å². The molecule has 2 fully saturated rings. The Balaban J connectivity index is 2.10. The largest absolute Gasteiger partial charge is 0.373 e. The molecule has 0 aromatic carbocycles. The van der Waals surface area contributed by atoms with Crippen molar-refractivity contribution in [2.24, 2.45) is 5.73 Å². The van der Waals surface area contributed by atoms with Crippen LogP contribution in [0.25, 0.3) is 0 Å². The van der Waals surface area contributed by atoms with Crippen LogP contribution in [0, 0.1) is 0 Å². The number of hydrogen-bond acceptors (Lipinski definition) is 4. The number of morpholine rings is 1. The predicted octanol–water partition coefficient (Wildman–Crippen LogP) is 0.910. The number of nitrogens with two attached hydrogens (primary N) is 1. The topological polar surface area (TPSA) is 41.7 Å². The van der Waals surface area contributed by atoms with E-state index in [9.17, 15) is 0 Å². The SMILES string of the molecule is CN1CCCC(CN)(N2CCOC(C)(C)C2)CC1. The highest BCUT2D eigenvalue weighted by Gasteiger charge is 2.41. The summed E-state index contributed by atoms with van der Waals surface area (Å²) >= 11 is 0. The quantitative estimate of drug-likeness (QED) is 0.796. The first kappa shape index (κ1) is 14.3. The standard InChI is InChI=1S/C14H29N3O/c1-13(2)12-17(9-10-18-13)14(11-15)5-4-7-16(3)8-6-14/h4-12,15H2,1-3H3. The van der Waals surface area contributed by atoms with Crippen molar-refractivity contribution in [3.05, 3.63) is 0 Å². The van der Waals surface area contributed by atoms with Crippen molar-refractivity contribution in [2.45, 2.75) is 44.2 Å². The summed E-state index contributed by atoms with van der Waals surface area (Å²) in [5.41, 5.74) is 6.34. The molecule has 0 spiro atoms. The van der Waals surface area contributed by atoms with E-state index in [1.165, 1.54) is 25.8 Å². The second-order valence-corrected chi connectivity index (χ2v) is 6.62. The van der Waals surface area contributed by atoms with Crippen LogP contribution in [0.3, 0.4) is 0 Å². The van der Waals surface area contributed by atoms with Crippen LogP contribution in [0.5, 0.6) is 0 Å².